The molecule has 0 radical (unpaired) electrons. The van der Waals surface area contributed by atoms with Crippen LogP contribution in [0.15, 0.2) is 24.3 Å². The summed E-state index contributed by atoms with van der Waals surface area (Å²) in [4.78, 5) is 13.2. The van der Waals surface area contributed by atoms with E-state index in [1.165, 1.54) is 6.92 Å². The molecule has 0 aliphatic heterocycles. The quantitative estimate of drug-likeness (QED) is 0.746. The molecule has 0 saturated heterocycles. The average molecular weight is 272 g/mol. The summed E-state index contributed by atoms with van der Waals surface area (Å²) in [6, 6.07) is 7.45. The van der Waals surface area contributed by atoms with Crippen molar-refractivity contribution >= 4 is 17.5 Å². The van der Waals surface area contributed by atoms with E-state index in [0.29, 0.717) is 18.1 Å². The molecule has 0 unspecified atom stereocenters. The maximum absolute atomic E-state index is 11.6. The van der Waals surface area contributed by atoms with Crippen molar-refractivity contribution in [2.75, 3.05) is 20.8 Å². The zero-order chi connectivity index (χ0) is 13.5. The highest BCUT2D eigenvalue weighted by molar-refractivity contribution is 6.31. The summed E-state index contributed by atoms with van der Waals surface area (Å²) in [6.07, 6.45) is -0.434. The molecule has 1 rings (SSSR count). The summed E-state index contributed by atoms with van der Waals surface area (Å²) in [6.45, 7) is 2.32. The van der Waals surface area contributed by atoms with Crippen molar-refractivity contribution in [2.24, 2.45) is 0 Å². The van der Waals surface area contributed by atoms with E-state index in [1.54, 1.807) is 25.2 Å². The number of carbonyl (C=O) groups excluding carboxylic acids is 1. The highest BCUT2D eigenvalue weighted by Gasteiger charge is 2.16. The lowest BCUT2D eigenvalue weighted by molar-refractivity contribution is -0.144. The summed E-state index contributed by atoms with van der Waals surface area (Å²) in [5.74, 6) is -0.0472. The molecule has 0 bridgehead atoms. The van der Waals surface area contributed by atoms with Crippen molar-refractivity contribution in [3.8, 4) is 0 Å². The van der Waals surface area contributed by atoms with Gasteiger partial charge in [-0.25, -0.2) is 0 Å². The Bertz CT molecular complexity index is 394. The van der Waals surface area contributed by atoms with Gasteiger partial charge in [0.25, 0.3) is 0 Å². The zero-order valence-electron chi connectivity index (χ0n) is 10.9. The van der Waals surface area contributed by atoms with Gasteiger partial charge in [0.15, 0.2) is 6.29 Å². The Morgan fingerprint density at radius 3 is 2.44 bits per heavy atom. The van der Waals surface area contributed by atoms with Crippen molar-refractivity contribution in [1.29, 1.82) is 0 Å². The van der Waals surface area contributed by atoms with Crippen molar-refractivity contribution in [1.82, 2.24) is 4.90 Å². The topological polar surface area (TPSA) is 38.8 Å². The van der Waals surface area contributed by atoms with Crippen molar-refractivity contribution in [2.45, 2.75) is 19.8 Å². The summed E-state index contributed by atoms with van der Waals surface area (Å²) in [7, 11) is 3.09. The molecule has 0 spiro atoms. The minimum Gasteiger partial charge on any atom is -0.354 e. The van der Waals surface area contributed by atoms with Crippen molar-refractivity contribution in [3.63, 3.8) is 0 Å². The average Bonchev–Trinajstić information content (AvgIpc) is 2.36. The molecule has 18 heavy (non-hydrogen) atoms. The Labute approximate surface area is 112 Å². The van der Waals surface area contributed by atoms with E-state index in [9.17, 15) is 4.79 Å². The second-order valence-corrected chi connectivity index (χ2v) is 4.30. The molecule has 5 heteroatoms. The van der Waals surface area contributed by atoms with Gasteiger partial charge in [-0.3, -0.25) is 4.79 Å². The Balaban J connectivity index is 2.75. The molecular weight excluding hydrogens is 254 g/mol. The number of hydrogen-bond donors (Lipinski definition) is 0. The van der Waals surface area contributed by atoms with Gasteiger partial charge in [-0.2, -0.15) is 0 Å². The minimum absolute atomic E-state index is 0.0472. The standard InChI is InChI=1S/C13H18ClNO3/c1-10(16)15(9-13(17-2)18-3)8-11-6-4-5-7-12(11)14/h4-7,13H,8-9H2,1-3H3. The van der Waals surface area contributed by atoms with Crippen LogP contribution in [0.1, 0.15) is 12.5 Å². The summed E-state index contributed by atoms with van der Waals surface area (Å²) >= 11 is 6.08. The molecule has 100 valence electrons. The second kappa shape index (κ2) is 7.36. The SMILES string of the molecule is COC(CN(Cc1ccccc1Cl)C(C)=O)OC. The number of nitrogens with zero attached hydrogens (tertiary/aromatic N) is 1. The van der Waals surface area contributed by atoms with Crippen LogP contribution in [-0.4, -0.2) is 37.9 Å². The Morgan fingerprint density at radius 2 is 1.94 bits per heavy atom. The van der Waals surface area contributed by atoms with Gasteiger partial charge >= 0.3 is 0 Å². The van der Waals surface area contributed by atoms with E-state index in [1.807, 2.05) is 18.2 Å². The van der Waals surface area contributed by atoms with Gasteiger partial charge in [0, 0.05) is 32.7 Å². The van der Waals surface area contributed by atoms with Gasteiger partial charge < -0.3 is 14.4 Å². The fourth-order valence-electron chi connectivity index (χ4n) is 1.56. The lowest BCUT2D eigenvalue weighted by Gasteiger charge is -2.25. The second-order valence-electron chi connectivity index (χ2n) is 3.89. The summed E-state index contributed by atoms with van der Waals surface area (Å²) < 4.78 is 10.2. The van der Waals surface area contributed by atoms with Crippen LogP contribution in [0.5, 0.6) is 0 Å². The Kier molecular flexibility index (Phi) is 6.12. The van der Waals surface area contributed by atoms with Gasteiger partial charge in [-0.15, -0.1) is 0 Å². The van der Waals surface area contributed by atoms with E-state index in [2.05, 4.69) is 0 Å². The third-order valence-corrected chi connectivity index (χ3v) is 3.03. The van der Waals surface area contributed by atoms with Crippen LogP contribution >= 0.6 is 11.6 Å². The van der Waals surface area contributed by atoms with Crippen LogP contribution in [0.25, 0.3) is 0 Å². The molecule has 1 amide bonds. The first-order valence-corrected chi connectivity index (χ1v) is 6.00. The Morgan fingerprint density at radius 1 is 1.33 bits per heavy atom. The maximum atomic E-state index is 11.6. The normalized spacial score (nSPS) is 10.7. The highest BCUT2D eigenvalue weighted by Crippen LogP contribution is 2.17. The number of hydrogen-bond acceptors (Lipinski definition) is 3. The number of methoxy groups -OCH3 is 2. The molecule has 1 aromatic rings. The third kappa shape index (κ3) is 4.29. The van der Waals surface area contributed by atoms with Gasteiger partial charge in [-0.1, -0.05) is 29.8 Å². The molecule has 0 aliphatic rings. The minimum atomic E-state index is -0.434. The van der Waals surface area contributed by atoms with E-state index in [0.717, 1.165) is 5.56 Å². The first-order chi connectivity index (χ1) is 8.58. The van der Waals surface area contributed by atoms with Crippen LogP contribution in [0, 0.1) is 0 Å². The van der Waals surface area contributed by atoms with Crippen LogP contribution in [-0.2, 0) is 20.8 Å². The van der Waals surface area contributed by atoms with Gasteiger partial charge in [0.2, 0.25) is 5.91 Å². The number of rotatable bonds is 6. The van der Waals surface area contributed by atoms with Crippen LogP contribution in [0.3, 0.4) is 0 Å². The van der Waals surface area contributed by atoms with Crippen LogP contribution < -0.4 is 0 Å². The van der Waals surface area contributed by atoms with Gasteiger partial charge in [0.1, 0.15) is 0 Å². The summed E-state index contributed by atoms with van der Waals surface area (Å²) in [5, 5.41) is 0.648. The molecular formula is C13H18ClNO3. The molecule has 0 aliphatic carbocycles. The van der Waals surface area contributed by atoms with E-state index >= 15 is 0 Å². The lowest BCUT2D eigenvalue weighted by atomic mass is 10.2. The molecule has 0 aromatic heterocycles. The first kappa shape index (κ1) is 15.0. The lowest BCUT2D eigenvalue weighted by Crippen LogP contribution is -2.37. The van der Waals surface area contributed by atoms with Crippen LogP contribution in [0.2, 0.25) is 5.02 Å². The largest absolute Gasteiger partial charge is 0.354 e. The fourth-order valence-corrected chi connectivity index (χ4v) is 1.76. The van der Waals surface area contributed by atoms with E-state index in [-0.39, 0.29) is 5.91 Å². The molecule has 0 fully saturated rings. The predicted molar refractivity (Wildman–Crippen MR) is 70.3 cm³/mol. The van der Waals surface area contributed by atoms with Crippen LogP contribution in [0.4, 0.5) is 0 Å². The number of carbonyl (C=O) groups is 1. The number of halogens is 1. The number of benzene rings is 1. The highest BCUT2D eigenvalue weighted by atomic mass is 35.5. The van der Waals surface area contributed by atoms with Crippen molar-refractivity contribution < 1.29 is 14.3 Å². The third-order valence-electron chi connectivity index (χ3n) is 2.66. The maximum Gasteiger partial charge on any atom is 0.219 e. The smallest absolute Gasteiger partial charge is 0.219 e. The van der Waals surface area contributed by atoms with Gasteiger partial charge in [0.05, 0.1) is 6.54 Å². The van der Waals surface area contributed by atoms with E-state index < -0.39 is 6.29 Å². The molecule has 0 N–H and O–H groups in total. The molecule has 0 heterocycles. The zero-order valence-corrected chi connectivity index (χ0v) is 11.6. The number of amides is 1. The molecule has 0 saturated carbocycles. The van der Waals surface area contributed by atoms with E-state index in [4.69, 9.17) is 21.1 Å². The molecule has 0 atom stereocenters. The molecule has 4 nitrogen and oxygen atoms in total. The van der Waals surface area contributed by atoms with Crippen molar-refractivity contribution in [3.05, 3.63) is 34.9 Å². The first-order valence-electron chi connectivity index (χ1n) is 5.63. The van der Waals surface area contributed by atoms with Gasteiger partial charge in [-0.05, 0) is 11.6 Å². The fraction of sp³-hybridized carbons (Fsp3) is 0.462. The summed E-state index contributed by atoms with van der Waals surface area (Å²) in [5.41, 5.74) is 0.903. The predicted octanol–water partition coefficient (Wildman–Crippen LogP) is 2.31. The monoisotopic (exact) mass is 271 g/mol. The number of ether oxygens (including phenoxy) is 2. The Hall–Kier alpha value is -1.10. The molecule has 1 aromatic carbocycles.